The van der Waals surface area contributed by atoms with Crippen molar-refractivity contribution in [2.75, 3.05) is 42.9 Å². The lowest BCUT2D eigenvalue weighted by Crippen LogP contribution is -2.49. The van der Waals surface area contributed by atoms with Crippen molar-refractivity contribution in [3.05, 3.63) is 46.6 Å². The number of anilines is 2. The first-order valence-corrected chi connectivity index (χ1v) is 9.08. The monoisotopic (exact) mass is 371 g/mol. The van der Waals surface area contributed by atoms with Gasteiger partial charge in [-0.25, -0.2) is 15.0 Å². The molecule has 26 heavy (non-hydrogen) atoms. The molecule has 0 bridgehead atoms. The maximum atomic E-state index is 12.3. The van der Waals surface area contributed by atoms with Crippen LogP contribution >= 0.6 is 11.3 Å². The third kappa shape index (κ3) is 3.41. The highest BCUT2D eigenvalue weighted by Crippen LogP contribution is 2.10. The number of nitrogens with one attached hydrogen (secondary N) is 1. The number of rotatable bonds is 4. The van der Waals surface area contributed by atoms with Crippen LogP contribution in [-0.2, 0) is 4.79 Å². The average molecular weight is 371 g/mol. The van der Waals surface area contributed by atoms with Crippen molar-refractivity contribution >= 4 is 33.8 Å². The van der Waals surface area contributed by atoms with Crippen LogP contribution < -0.4 is 15.8 Å². The fourth-order valence-corrected chi connectivity index (χ4v) is 3.54. The SMILES string of the molecule is O=C(CN1CCN(c2ncccn2)CC1)Nc1cnc2sccn2c1=O. The van der Waals surface area contributed by atoms with Crippen LogP contribution in [0.3, 0.4) is 0 Å². The Morgan fingerprint density at radius 1 is 1.15 bits per heavy atom. The average Bonchev–Trinajstić information content (AvgIpc) is 3.15. The van der Waals surface area contributed by atoms with Crippen molar-refractivity contribution in [2.45, 2.75) is 0 Å². The maximum Gasteiger partial charge on any atom is 0.282 e. The molecule has 1 aliphatic rings. The van der Waals surface area contributed by atoms with Gasteiger partial charge in [-0.05, 0) is 6.07 Å². The van der Waals surface area contributed by atoms with Crippen LogP contribution in [0.25, 0.3) is 4.96 Å². The molecule has 0 atom stereocenters. The lowest BCUT2D eigenvalue weighted by molar-refractivity contribution is -0.117. The molecule has 134 valence electrons. The first kappa shape index (κ1) is 16.6. The van der Waals surface area contributed by atoms with Gasteiger partial charge in [0.15, 0.2) is 4.96 Å². The number of thiazole rings is 1. The van der Waals surface area contributed by atoms with Crippen molar-refractivity contribution in [1.29, 1.82) is 0 Å². The van der Waals surface area contributed by atoms with Gasteiger partial charge in [0.25, 0.3) is 5.56 Å². The van der Waals surface area contributed by atoms with Gasteiger partial charge in [0.2, 0.25) is 11.9 Å². The van der Waals surface area contributed by atoms with Gasteiger partial charge >= 0.3 is 0 Å². The minimum atomic E-state index is -0.268. The Morgan fingerprint density at radius 3 is 2.69 bits per heavy atom. The van der Waals surface area contributed by atoms with Crippen LogP contribution in [0.2, 0.25) is 0 Å². The molecule has 3 aromatic rings. The summed E-state index contributed by atoms with van der Waals surface area (Å²) in [7, 11) is 0. The van der Waals surface area contributed by atoms with Crippen LogP contribution in [0.1, 0.15) is 0 Å². The summed E-state index contributed by atoms with van der Waals surface area (Å²) in [6.45, 7) is 3.19. The smallest absolute Gasteiger partial charge is 0.282 e. The number of amides is 1. The van der Waals surface area contributed by atoms with Gasteiger partial charge in [0, 0.05) is 50.1 Å². The zero-order valence-corrected chi connectivity index (χ0v) is 14.7. The van der Waals surface area contributed by atoms with Crippen LogP contribution in [0.15, 0.2) is 41.0 Å². The number of carbonyl (C=O) groups excluding carboxylic acids is 1. The van der Waals surface area contributed by atoms with Gasteiger partial charge in [-0.1, -0.05) is 0 Å². The zero-order chi connectivity index (χ0) is 17.9. The lowest BCUT2D eigenvalue weighted by atomic mass is 10.3. The van der Waals surface area contributed by atoms with E-state index in [1.54, 1.807) is 30.0 Å². The van der Waals surface area contributed by atoms with E-state index >= 15 is 0 Å². The Morgan fingerprint density at radius 2 is 1.92 bits per heavy atom. The van der Waals surface area contributed by atoms with E-state index in [0.29, 0.717) is 10.9 Å². The van der Waals surface area contributed by atoms with E-state index in [0.717, 1.165) is 26.2 Å². The van der Waals surface area contributed by atoms with E-state index < -0.39 is 0 Å². The summed E-state index contributed by atoms with van der Waals surface area (Å²) in [6.07, 6.45) is 6.50. The van der Waals surface area contributed by atoms with E-state index in [9.17, 15) is 9.59 Å². The van der Waals surface area contributed by atoms with Crippen LogP contribution in [0.5, 0.6) is 0 Å². The number of piperazine rings is 1. The molecule has 0 aromatic carbocycles. The van der Waals surface area contributed by atoms with Gasteiger partial charge in [-0.15, -0.1) is 11.3 Å². The third-order valence-corrected chi connectivity index (χ3v) is 4.96. The molecule has 0 aliphatic carbocycles. The number of fused-ring (bicyclic) bond motifs is 1. The second kappa shape index (κ2) is 7.18. The van der Waals surface area contributed by atoms with Crippen molar-refractivity contribution in [2.24, 2.45) is 0 Å². The number of aromatic nitrogens is 4. The van der Waals surface area contributed by atoms with Crippen LogP contribution in [0.4, 0.5) is 11.6 Å². The Balaban J connectivity index is 1.34. The fourth-order valence-electron chi connectivity index (χ4n) is 2.86. The van der Waals surface area contributed by atoms with Gasteiger partial charge in [-0.2, -0.15) is 0 Å². The molecule has 1 amide bonds. The molecule has 1 fully saturated rings. The van der Waals surface area contributed by atoms with Crippen LogP contribution in [0, 0.1) is 0 Å². The molecule has 1 N–H and O–H groups in total. The van der Waals surface area contributed by atoms with Crippen LogP contribution in [-0.4, -0.2) is 62.9 Å². The molecule has 0 radical (unpaired) electrons. The quantitative estimate of drug-likeness (QED) is 0.705. The second-order valence-electron chi connectivity index (χ2n) is 5.89. The van der Waals surface area contributed by atoms with E-state index in [4.69, 9.17) is 0 Å². The molecular formula is C16H17N7O2S. The van der Waals surface area contributed by atoms with Crippen molar-refractivity contribution in [1.82, 2.24) is 24.3 Å². The molecule has 10 heteroatoms. The molecule has 0 unspecified atom stereocenters. The third-order valence-electron chi connectivity index (χ3n) is 4.19. The Bertz CT molecular complexity index is 963. The normalized spacial score (nSPS) is 15.3. The van der Waals surface area contributed by atoms with E-state index in [1.165, 1.54) is 21.9 Å². The summed E-state index contributed by atoms with van der Waals surface area (Å²) in [5, 5.41) is 4.46. The summed E-state index contributed by atoms with van der Waals surface area (Å²) < 4.78 is 1.43. The molecular weight excluding hydrogens is 354 g/mol. The lowest BCUT2D eigenvalue weighted by Gasteiger charge is -2.34. The molecule has 1 aliphatic heterocycles. The molecule has 0 spiro atoms. The summed E-state index contributed by atoms with van der Waals surface area (Å²) in [5.74, 6) is 0.489. The van der Waals surface area contributed by atoms with Gasteiger partial charge < -0.3 is 10.2 Å². The van der Waals surface area contributed by atoms with E-state index in [-0.39, 0.29) is 23.7 Å². The number of carbonyl (C=O) groups is 1. The van der Waals surface area contributed by atoms with Gasteiger partial charge in [-0.3, -0.25) is 18.9 Å². The number of hydrogen-bond donors (Lipinski definition) is 1. The maximum absolute atomic E-state index is 12.3. The molecule has 3 aromatic heterocycles. The number of nitrogens with zero attached hydrogens (tertiary/aromatic N) is 6. The van der Waals surface area contributed by atoms with Gasteiger partial charge in [0.1, 0.15) is 5.69 Å². The van der Waals surface area contributed by atoms with Crippen molar-refractivity contribution in [3.63, 3.8) is 0 Å². The van der Waals surface area contributed by atoms with E-state index in [2.05, 4.69) is 25.2 Å². The number of hydrogen-bond acceptors (Lipinski definition) is 8. The van der Waals surface area contributed by atoms with E-state index in [1.807, 2.05) is 4.90 Å². The van der Waals surface area contributed by atoms with Crippen molar-refractivity contribution in [3.8, 4) is 0 Å². The molecule has 1 saturated heterocycles. The Hall–Kier alpha value is -2.85. The summed E-state index contributed by atoms with van der Waals surface area (Å²) in [4.78, 5) is 42.0. The summed E-state index contributed by atoms with van der Waals surface area (Å²) in [5.41, 5.74) is -0.0714. The molecule has 0 saturated carbocycles. The Labute approximate surface area is 152 Å². The predicted octanol–water partition coefficient (Wildman–Crippen LogP) is 0.307. The highest BCUT2D eigenvalue weighted by atomic mass is 32.1. The minimum absolute atomic E-state index is 0.197. The Kier molecular flexibility index (Phi) is 4.59. The van der Waals surface area contributed by atoms with Crippen molar-refractivity contribution < 1.29 is 4.79 Å². The molecule has 4 rings (SSSR count). The fraction of sp³-hybridized carbons (Fsp3) is 0.312. The highest BCUT2D eigenvalue weighted by molar-refractivity contribution is 7.15. The first-order chi connectivity index (χ1) is 12.7. The minimum Gasteiger partial charge on any atom is -0.338 e. The summed E-state index contributed by atoms with van der Waals surface area (Å²) in [6, 6.07) is 1.79. The molecule has 4 heterocycles. The largest absolute Gasteiger partial charge is 0.338 e. The topological polar surface area (TPSA) is 95.7 Å². The first-order valence-electron chi connectivity index (χ1n) is 8.20. The standard InChI is InChI=1S/C16H17N7O2S/c24-13(20-12-10-19-16-23(14(12)25)8-9-26-16)11-21-4-6-22(7-5-21)15-17-2-1-3-18-15/h1-3,8-10H,4-7,11H2,(H,20,24). The second-order valence-corrected chi connectivity index (χ2v) is 6.77. The summed E-state index contributed by atoms with van der Waals surface area (Å²) >= 11 is 1.37. The highest BCUT2D eigenvalue weighted by Gasteiger charge is 2.21. The predicted molar refractivity (Wildman–Crippen MR) is 98.7 cm³/mol. The van der Waals surface area contributed by atoms with Gasteiger partial charge in [0.05, 0.1) is 12.7 Å². The molecule has 9 nitrogen and oxygen atoms in total. The zero-order valence-electron chi connectivity index (χ0n) is 13.9.